The third-order valence-corrected chi connectivity index (χ3v) is 1.88. The molecule has 1 rings (SSSR count). The molecule has 0 aliphatic carbocycles. The Labute approximate surface area is 77.1 Å². The van der Waals surface area contributed by atoms with E-state index in [0.717, 1.165) is 6.54 Å². The molecule has 1 aliphatic heterocycles. The van der Waals surface area contributed by atoms with Crippen molar-refractivity contribution >= 4 is 11.9 Å². The summed E-state index contributed by atoms with van der Waals surface area (Å²) < 4.78 is 0. The average molecular weight is 185 g/mol. The van der Waals surface area contributed by atoms with Gasteiger partial charge in [0.05, 0.1) is 6.54 Å². The van der Waals surface area contributed by atoms with E-state index in [-0.39, 0.29) is 11.9 Å². The molecule has 1 amide bonds. The molecule has 0 bridgehead atoms. The van der Waals surface area contributed by atoms with Gasteiger partial charge >= 0.3 is 0 Å². The van der Waals surface area contributed by atoms with Crippen molar-refractivity contribution in [3.8, 4) is 0 Å². The maximum Gasteiger partial charge on any atom is 0.239 e. The van der Waals surface area contributed by atoms with Crippen LogP contribution in [0.15, 0.2) is 4.99 Å². The molecule has 1 aliphatic rings. The van der Waals surface area contributed by atoms with Crippen LogP contribution in [0.2, 0.25) is 0 Å². The number of carbonyl (C=O) groups is 1. The van der Waals surface area contributed by atoms with Gasteiger partial charge in [-0.15, -0.1) is 0 Å². The fraction of sp³-hybridized carbons (Fsp3) is 0.714. The maximum atomic E-state index is 11.1. The van der Waals surface area contributed by atoms with Gasteiger partial charge in [0.15, 0.2) is 0 Å². The topological polar surface area (TPSA) is 82.8 Å². The standard InChI is InChI=1S/C7H15N5O/c1-5-3-12(4-6(13)10-5)7(9-2)11-8/h5H,3-4,8H2,1-2H3,(H,9,11)(H,10,13). The number of amides is 1. The van der Waals surface area contributed by atoms with Gasteiger partial charge in [-0.05, 0) is 6.92 Å². The predicted molar refractivity (Wildman–Crippen MR) is 49.9 cm³/mol. The van der Waals surface area contributed by atoms with E-state index in [1.165, 1.54) is 0 Å². The Kier molecular flexibility index (Phi) is 3.07. The van der Waals surface area contributed by atoms with E-state index in [2.05, 4.69) is 15.7 Å². The number of piperazine rings is 1. The van der Waals surface area contributed by atoms with E-state index in [1.54, 1.807) is 7.05 Å². The third kappa shape index (κ3) is 2.32. The Morgan fingerprint density at radius 2 is 2.54 bits per heavy atom. The Bertz CT molecular complexity index is 227. The fourth-order valence-electron chi connectivity index (χ4n) is 1.39. The first-order chi connectivity index (χ1) is 6.17. The van der Waals surface area contributed by atoms with E-state index in [9.17, 15) is 4.79 Å². The van der Waals surface area contributed by atoms with Crippen LogP contribution in [0.3, 0.4) is 0 Å². The number of nitrogens with zero attached hydrogens (tertiary/aromatic N) is 2. The van der Waals surface area contributed by atoms with Crippen molar-refractivity contribution in [3.05, 3.63) is 0 Å². The quantitative estimate of drug-likeness (QED) is 0.181. The lowest BCUT2D eigenvalue weighted by molar-refractivity contribution is -0.124. The summed E-state index contributed by atoms with van der Waals surface area (Å²) >= 11 is 0. The zero-order valence-corrected chi connectivity index (χ0v) is 7.87. The molecule has 6 nitrogen and oxygen atoms in total. The molecule has 4 N–H and O–H groups in total. The third-order valence-electron chi connectivity index (χ3n) is 1.88. The minimum Gasteiger partial charge on any atom is -0.350 e. The second-order valence-corrected chi connectivity index (χ2v) is 3.04. The van der Waals surface area contributed by atoms with Crippen LogP contribution in [0.4, 0.5) is 0 Å². The summed E-state index contributed by atoms with van der Waals surface area (Å²) in [5.74, 6) is 5.79. The molecule has 13 heavy (non-hydrogen) atoms. The molecule has 1 fully saturated rings. The lowest BCUT2D eigenvalue weighted by Crippen LogP contribution is -2.58. The molecule has 74 valence electrons. The first-order valence-corrected chi connectivity index (χ1v) is 4.15. The van der Waals surface area contributed by atoms with Crippen LogP contribution in [-0.2, 0) is 4.79 Å². The van der Waals surface area contributed by atoms with Gasteiger partial charge in [-0.25, -0.2) is 5.84 Å². The molecule has 1 unspecified atom stereocenters. The van der Waals surface area contributed by atoms with E-state index in [1.807, 2.05) is 11.8 Å². The maximum absolute atomic E-state index is 11.1. The second-order valence-electron chi connectivity index (χ2n) is 3.04. The number of hydrogen-bond donors (Lipinski definition) is 3. The second kappa shape index (κ2) is 4.08. The van der Waals surface area contributed by atoms with Gasteiger partial charge in [-0.3, -0.25) is 15.2 Å². The van der Waals surface area contributed by atoms with Gasteiger partial charge in [0.2, 0.25) is 11.9 Å². The summed E-state index contributed by atoms with van der Waals surface area (Å²) in [6.07, 6.45) is 0. The molecule has 1 heterocycles. The SMILES string of the molecule is CN=C(NN)N1CC(=O)NC(C)C1. The molecule has 0 aromatic heterocycles. The summed E-state index contributed by atoms with van der Waals surface area (Å²) in [4.78, 5) is 16.9. The summed E-state index contributed by atoms with van der Waals surface area (Å²) in [7, 11) is 1.63. The van der Waals surface area contributed by atoms with Crippen LogP contribution < -0.4 is 16.6 Å². The highest BCUT2D eigenvalue weighted by Gasteiger charge is 2.23. The highest BCUT2D eigenvalue weighted by molar-refractivity contribution is 5.87. The molecule has 0 aromatic rings. The highest BCUT2D eigenvalue weighted by atomic mass is 16.2. The van der Waals surface area contributed by atoms with Crippen LogP contribution >= 0.6 is 0 Å². The lowest BCUT2D eigenvalue weighted by atomic mass is 10.2. The Hall–Kier alpha value is -1.30. The van der Waals surface area contributed by atoms with E-state index in [4.69, 9.17) is 5.84 Å². The van der Waals surface area contributed by atoms with Gasteiger partial charge in [-0.2, -0.15) is 0 Å². The largest absolute Gasteiger partial charge is 0.350 e. The summed E-state index contributed by atoms with van der Waals surface area (Å²) in [6, 6.07) is 0.131. The monoisotopic (exact) mass is 185 g/mol. The van der Waals surface area contributed by atoms with Crippen LogP contribution in [0.25, 0.3) is 0 Å². The Morgan fingerprint density at radius 1 is 1.85 bits per heavy atom. The minimum absolute atomic E-state index is 0.00449. The van der Waals surface area contributed by atoms with Crippen molar-refractivity contribution < 1.29 is 4.79 Å². The average Bonchev–Trinajstić information content (AvgIpc) is 2.04. The van der Waals surface area contributed by atoms with Crippen molar-refractivity contribution in [2.45, 2.75) is 13.0 Å². The molecule has 1 atom stereocenters. The lowest BCUT2D eigenvalue weighted by Gasteiger charge is -2.32. The smallest absolute Gasteiger partial charge is 0.239 e. The zero-order chi connectivity index (χ0) is 9.84. The van der Waals surface area contributed by atoms with Gasteiger partial charge in [-0.1, -0.05) is 0 Å². The predicted octanol–water partition coefficient (Wildman–Crippen LogP) is -1.74. The molecule has 0 radical (unpaired) electrons. The number of aliphatic imine (C=N–C) groups is 1. The summed E-state index contributed by atoms with van der Waals surface area (Å²) in [6.45, 7) is 2.97. The van der Waals surface area contributed by atoms with Crippen LogP contribution in [0.1, 0.15) is 6.92 Å². The number of guanidine groups is 1. The van der Waals surface area contributed by atoms with Crippen molar-refractivity contribution in [1.82, 2.24) is 15.6 Å². The molecule has 1 saturated heterocycles. The van der Waals surface area contributed by atoms with Crippen molar-refractivity contribution in [2.24, 2.45) is 10.8 Å². The van der Waals surface area contributed by atoms with Gasteiger partial charge in [0, 0.05) is 19.6 Å². The Morgan fingerprint density at radius 3 is 3.00 bits per heavy atom. The zero-order valence-electron chi connectivity index (χ0n) is 7.87. The Balaban J connectivity index is 2.64. The first kappa shape index (κ1) is 9.79. The van der Waals surface area contributed by atoms with Crippen molar-refractivity contribution in [2.75, 3.05) is 20.1 Å². The first-order valence-electron chi connectivity index (χ1n) is 4.15. The van der Waals surface area contributed by atoms with Gasteiger partial charge in [0.25, 0.3) is 0 Å². The number of hydrogen-bond acceptors (Lipinski definition) is 3. The number of nitrogens with two attached hydrogens (primary N) is 1. The number of hydrazine groups is 1. The fourth-order valence-corrected chi connectivity index (χ4v) is 1.39. The van der Waals surface area contributed by atoms with Crippen LogP contribution in [-0.4, -0.2) is 42.9 Å². The van der Waals surface area contributed by atoms with E-state index >= 15 is 0 Å². The summed E-state index contributed by atoms with van der Waals surface area (Å²) in [5.41, 5.74) is 2.46. The molecule has 6 heteroatoms. The van der Waals surface area contributed by atoms with Crippen LogP contribution in [0.5, 0.6) is 0 Å². The molecule has 0 saturated carbocycles. The van der Waals surface area contributed by atoms with Crippen molar-refractivity contribution in [3.63, 3.8) is 0 Å². The molecule has 0 aromatic carbocycles. The normalized spacial score (nSPS) is 24.2. The summed E-state index contributed by atoms with van der Waals surface area (Å²) in [5, 5.41) is 2.81. The van der Waals surface area contributed by atoms with Gasteiger partial charge in [0.1, 0.15) is 0 Å². The number of nitrogens with one attached hydrogen (secondary N) is 2. The highest BCUT2D eigenvalue weighted by Crippen LogP contribution is 1.99. The molecular weight excluding hydrogens is 170 g/mol. The molecule has 0 spiro atoms. The van der Waals surface area contributed by atoms with Crippen molar-refractivity contribution in [1.29, 1.82) is 0 Å². The number of rotatable bonds is 0. The van der Waals surface area contributed by atoms with E-state index < -0.39 is 0 Å². The minimum atomic E-state index is -0.00449. The molecular formula is C7H15N5O. The van der Waals surface area contributed by atoms with Crippen LogP contribution in [0, 0.1) is 0 Å². The number of carbonyl (C=O) groups excluding carboxylic acids is 1. The van der Waals surface area contributed by atoms with E-state index in [0.29, 0.717) is 12.5 Å². The van der Waals surface area contributed by atoms with Gasteiger partial charge < -0.3 is 10.2 Å².